The van der Waals surface area contributed by atoms with Crippen LogP contribution >= 0.6 is 0 Å². The summed E-state index contributed by atoms with van der Waals surface area (Å²) in [4.78, 5) is 29.6. The molecular formula is C19H25N3O4. The van der Waals surface area contributed by atoms with Crippen LogP contribution < -0.4 is 0 Å². The number of amides is 2. The second kappa shape index (κ2) is 6.23. The van der Waals surface area contributed by atoms with Gasteiger partial charge in [0.1, 0.15) is 17.6 Å². The van der Waals surface area contributed by atoms with Crippen LogP contribution in [0.5, 0.6) is 0 Å². The Bertz CT molecular complexity index is 729. The fourth-order valence-corrected chi connectivity index (χ4v) is 4.36. The van der Waals surface area contributed by atoms with Gasteiger partial charge in [0.2, 0.25) is 11.8 Å². The molecule has 26 heavy (non-hydrogen) atoms. The van der Waals surface area contributed by atoms with Gasteiger partial charge < -0.3 is 19.1 Å². The predicted octanol–water partition coefficient (Wildman–Crippen LogP) is 1.46. The molecule has 7 nitrogen and oxygen atoms in total. The molecule has 4 rings (SSSR count). The molecule has 3 aliphatic heterocycles. The first-order valence-electron chi connectivity index (χ1n) is 9.21. The van der Waals surface area contributed by atoms with E-state index in [2.05, 4.69) is 19.0 Å². The van der Waals surface area contributed by atoms with Crippen molar-refractivity contribution in [2.75, 3.05) is 20.1 Å². The second-order valence-electron chi connectivity index (χ2n) is 8.03. The summed E-state index contributed by atoms with van der Waals surface area (Å²) in [5.41, 5.74) is 0.0554. The molecule has 3 aliphatic rings. The van der Waals surface area contributed by atoms with Gasteiger partial charge in [-0.1, -0.05) is 31.2 Å². The van der Waals surface area contributed by atoms with Gasteiger partial charge in [0, 0.05) is 19.7 Å². The Labute approximate surface area is 152 Å². The van der Waals surface area contributed by atoms with E-state index in [1.54, 1.807) is 18.0 Å². The summed E-state index contributed by atoms with van der Waals surface area (Å²) in [6, 6.07) is 1.73. The number of fused-ring (bicyclic) bond motifs is 1. The van der Waals surface area contributed by atoms with E-state index in [0.717, 1.165) is 6.42 Å². The molecule has 2 amide bonds. The van der Waals surface area contributed by atoms with Gasteiger partial charge in [-0.3, -0.25) is 9.59 Å². The van der Waals surface area contributed by atoms with Gasteiger partial charge in [-0.2, -0.15) is 0 Å². The lowest BCUT2D eigenvalue weighted by atomic mass is 9.76. The highest BCUT2D eigenvalue weighted by Gasteiger charge is 2.66. The highest BCUT2D eigenvalue weighted by atomic mass is 16.5. The van der Waals surface area contributed by atoms with Crippen LogP contribution in [-0.2, 0) is 20.9 Å². The number of nitrogens with zero attached hydrogens (tertiary/aromatic N) is 3. The average Bonchev–Trinajstić information content (AvgIpc) is 3.35. The third kappa shape index (κ3) is 2.65. The van der Waals surface area contributed by atoms with Gasteiger partial charge in [-0.05, 0) is 12.3 Å². The van der Waals surface area contributed by atoms with E-state index in [0.29, 0.717) is 31.2 Å². The van der Waals surface area contributed by atoms with Crippen LogP contribution in [0, 0.1) is 17.8 Å². The normalized spacial score (nSPS) is 31.9. The molecule has 0 saturated carbocycles. The summed E-state index contributed by atoms with van der Waals surface area (Å²) in [6.07, 6.45) is 6.06. The number of hydrogen-bond donors (Lipinski definition) is 0. The van der Waals surface area contributed by atoms with Gasteiger partial charge in [0.15, 0.2) is 0 Å². The number of hydrogen-bond acceptors (Lipinski definition) is 5. The fourth-order valence-electron chi connectivity index (χ4n) is 4.36. The molecule has 2 bridgehead atoms. The van der Waals surface area contributed by atoms with Crippen LogP contribution in [0.4, 0.5) is 0 Å². The van der Waals surface area contributed by atoms with Gasteiger partial charge >= 0.3 is 0 Å². The SMILES string of the molecule is CC(C)CCN1C[C@]23C=C[C@H](O2)[C@H](C(=O)N(C)Cc2ccon2)[C@H]3C1=O. The van der Waals surface area contributed by atoms with E-state index in [4.69, 9.17) is 9.26 Å². The minimum Gasteiger partial charge on any atom is -0.364 e. The van der Waals surface area contributed by atoms with E-state index in [9.17, 15) is 9.59 Å². The maximum absolute atomic E-state index is 13.1. The first kappa shape index (κ1) is 17.3. The van der Waals surface area contributed by atoms with E-state index in [1.807, 2.05) is 17.1 Å². The van der Waals surface area contributed by atoms with Crippen molar-refractivity contribution in [2.24, 2.45) is 17.8 Å². The molecule has 1 spiro atoms. The molecule has 0 aromatic carbocycles. The van der Waals surface area contributed by atoms with E-state index < -0.39 is 17.4 Å². The first-order chi connectivity index (χ1) is 12.4. The van der Waals surface area contributed by atoms with Gasteiger partial charge in [-0.15, -0.1) is 0 Å². The molecule has 2 saturated heterocycles. The molecule has 1 aromatic heterocycles. The minimum atomic E-state index is -0.631. The van der Waals surface area contributed by atoms with Crippen molar-refractivity contribution in [3.8, 4) is 0 Å². The van der Waals surface area contributed by atoms with Crippen molar-refractivity contribution in [3.05, 3.63) is 30.2 Å². The Balaban J connectivity index is 1.52. The van der Waals surface area contributed by atoms with Crippen LogP contribution in [0.25, 0.3) is 0 Å². The molecule has 0 N–H and O–H groups in total. The largest absolute Gasteiger partial charge is 0.364 e. The van der Waals surface area contributed by atoms with Crippen LogP contribution in [0.1, 0.15) is 26.0 Å². The number of carbonyl (C=O) groups excluding carboxylic acids is 2. The summed E-state index contributed by atoms with van der Waals surface area (Å²) < 4.78 is 11.0. The topological polar surface area (TPSA) is 75.9 Å². The molecule has 2 fully saturated rings. The molecular weight excluding hydrogens is 334 g/mol. The quantitative estimate of drug-likeness (QED) is 0.719. The summed E-state index contributed by atoms with van der Waals surface area (Å²) in [6.45, 7) is 5.91. The molecule has 7 heteroatoms. The summed E-state index contributed by atoms with van der Waals surface area (Å²) in [7, 11) is 1.73. The summed E-state index contributed by atoms with van der Waals surface area (Å²) >= 11 is 0. The Morgan fingerprint density at radius 3 is 3.00 bits per heavy atom. The molecule has 4 atom stereocenters. The lowest BCUT2D eigenvalue weighted by molar-refractivity contribution is -0.142. The monoisotopic (exact) mass is 359 g/mol. The van der Waals surface area contributed by atoms with Crippen LogP contribution in [0.15, 0.2) is 29.0 Å². The predicted molar refractivity (Wildman–Crippen MR) is 92.7 cm³/mol. The Kier molecular flexibility index (Phi) is 4.14. The summed E-state index contributed by atoms with van der Waals surface area (Å²) in [5.74, 6) is -0.385. The lowest BCUT2D eigenvalue weighted by Gasteiger charge is -2.27. The lowest BCUT2D eigenvalue weighted by Crippen LogP contribution is -2.44. The molecule has 4 heterocycles. The molecule has 140 valence electrons. The Hall–Kier alpha value is -2.15. The summed E-state index contributed by atoms with van der Waals surface area (Å²) in [5, 5.41) is 3.86. The van der Waals surface area contributed by atoms with Gasteiger partial charge in [0.05, 0.1) is 31.0 Å². The third-order valence-electron chi connectivity index (χ3n) is 5.71. The van der Waals surface area contributed by atoms with Gasteiger partial charge in [0.25, 0.3) is 0 Å². The van der Waals surface area contributed by atoms with Crippen molar-refractivity contribution in [1.29, 1.82) is 0 Å². The standard InChI is InChI=1S/C19H25N3O4/c1-12(2)5-8-22-11-19-7-4-14(26-19)15(16(19)18(22)24)17(23)21(3)10-13-6-9-25-20-13/h4,6-7,9,12,14-16H,5,8,10-11H2,1-3H3/t14-,15-,16-,19-/m0/s1. The highest BCUT2D eigenvalue weighted by molar-refractivity contribution is 5.92. The van der Waals surface area contributed by atoms with Crippen LogP contribution in [0.2, 0.25) is 0 Å². The van der Waals surface area contributed by atoms with Crippen molar-refractivity contribution >= 4 is 11.8 Å². The van der Waals surface area contributed by atoms with Crippen molar-refractivity contribution in [3.63, 3.8) is 0 Å². The second-order valence-corrected chi connectivity index (χ2v) is 8.03. The number of aromatic nitrogens is 1. The average molecular weight is 359 g/mol. The minimum absolute atomic E-state index is 0.0469. The zero-order valence-electron chi connectivity index (χ0n) is 15.4. The zero-order chi connectivity index (χ0) is 18.5. The van der Waals surface area contributed by atoms with E-state index in [-0.39, 0.29) is 17.9 Å². The molecule has 0 unspecified atom stereocenters. The molecule has 1 aromatic rings. The maximum Gasteiger partial charge on any atom is 0.230 e. The fraction of sp³-hybridized carbons (Fsp3) is 0.632. The Morgan fingerprint density at radius 1 is 1.50 bits per heavy atom. The van der Waals surface area contributed by atoms with Gasteiger partial charge in [-0.25, -0.2) is 0 Å². The third-order valence-corrected chi connectivity index (χ3v) is 5.71. The van der Waals surface area contributed by atoms with Crippen LogP contribution in [-0.4, -0.2) is 58.6 Å². The number of carbonyl (C=O) groups is 2. The smallest absolute Gasteiger partial charge is 0.230 e. The molecule has 0 aliphatic carbocycles. The molecule has 0 radical (unpaired) electrons. The number of ether oxygens (including phenoxy) is 1. The van der Waals surface area contributed by atoms with Crippen molar-refractivity contribution < 1.29 is 18.8 Å². The van der Waals surface area contributed by atoms with Crippen LogP contribution in [0.3, 0.4) is 0 Å². The van der Waals surface area contributed by atoms with Crippen molar-refractivity contribution in [2.45, 2.75) is 38.5 Å². The van der Waals surface area contributed by atoms with Crippen molar-refractivity contribution in [1.82, 2.24) is 15.0 Å². The number of likely N-dealkylation sites (tertiary alicyclic amines) is 1. The highest BCUT2D eigenvalue weighted by Crippen LogP contribution is 2.52. The maximum atomic E-state index is 13.1. The Morgan fingerprint density at radius 2 is 2.31 bits per heavy atom. The van der Waals surface area contributed by atoms with E-state index in [1.165, 1.54) is 6.26 Å². The number of rotatable bonds is 6. The first-order valence-corrected chi connectivity index (χ1v) is 9.21. The van der Waals surface area contributed by atoms with E-state index >= 15 is 0 Å². The zero-order valence-corrected chi connectivity index (χ0v) is 15.4.